The first kappa shape index (κ1) is 19.8. The number of para-hydroxylation sites is 1. The van der Waals surface area contributed by atoms with E-state index < -0.39 is 10.1 Å². The van der Waals surface area contributed by atoms with E-state index in [4.69, 9.17) is 27.8 Å². The second kappa shape index (κ2) is 9.12. The number of guanidine groups is 1. The van der Waals surface area contributed by atoms with E-state index in [1.807, 2.05) is 12.1 Å². The summed E-state index contributed by atoms with van der Waals surface area (Å²) >= 11 is 12.2. The van der Waals surface area contributed by atoms with E-state index in [0.717, 1.165) is 32.0 Å². The third-order valence-electron chi connectivity index (χ3n) is 2.72. The molecule has 1 heterocycles. The fraction of sp³-hybridized carbons (Fsp3) is 0.357. The first-order valence-electron chi connectivity index (χ1n) is 6.77. The molecule has 0 aromatic heterocycles. The van der Waals surface area contributed by atoms with Gasteiger partial charge in [0.1, 0.15) is 5.69 Å². The van der Waals surface area contributed by atoms with Gasteiger partial charge in [-0.25, -0.2) is 4.99 Å². The minimum Gasteiger partial charge on any atom is -0.354 e. The van der Waals surface area contributed by atoms with Crippen molar-refractivity contribution in [2.45, 2.75) is 6.42 Å². The van der Waals surface area contributed by atoms with Crippen LogP contribution in [-0.4, -0.2) is 49.7 Å². The molecule has 0 radical (unpaired) electrons. The Balaban J connectivity index is 0.000000463. The molecule has 0 amide bonds. The van der Waals surface area contributed by atoms with Crippen LogP contribution in [0, 0.1) is 0 Å². The van der Waals surface area contributed by atoms with Gasteiger partial charge in [-0.1, -0.05) is 35.3 Å². The largest absolute Gasteiger partial charge is 0.354 e. The van der Waals surface area contributed by atoms with Crippen molar-refractivity contribution in [2.75, 3.05) is 25.9 Å². The summed E-state index contributed by atoms with van der Waals surface area (Å²) < 4.78 is 25.9. The predicted molar refractivity (Wildman–Crippen MR) is 95.4 cm³/mol. The van der Waals surface area contributed by atoms with Crippen LogP contribution in [-0.2, 0) is 10.1 Å². The third-order valence-corrected chi connectivity index (χ3v) is 3.33. The average molecular weight is 380 g/mol. The lowest BCUT2D eigenvalue weighted by Gasteiger charge is -2.16. The summed E-state index contributed by atoms with van der Waals surface area (Å²) in [5.41, 5.74) is 0.619. The van der Waals surface area contributed by atoms with Gasteiger partial charge in [0.05, 0.1) is 16.3 Å². The molecule has 9 heteroatoms. The number of benzene rings is 1. The number of halogens is 2. The molecule has 0 spiro atoms. The molecule has 2 rings (SSSR count). The van der Waals surface area contributed by atoms with Crippen LogP contribution in [0.1, 0.15) is 6.42 Å². The zero-order valence-electron chi connectivity index (χ0n) is 12.7. The zero-order chi connectivity index (χ0) is 17.5. The normalized spacial score (nSPS) is 15.8. The summed E-state index contributed by atoms with van der Waals surface area (Å²) in [7, 11) is -3.67. The van der Waals surface area contributed by atoms with Crippen molar-refractivity contribution in [3.8, 4) is 0 Å². The number of hydrogen-bond donors (Lipinski definition) is 2. The van der Waals surface area contributed by atoms with Gasteiger partial charge in [0.2, 0.25) is 0 Å². The van der Waals surface area contributed by atoms with E-state index in [2.05, 4.69) is 21.8 Å². The molecular formula is C14H19Cl2N3O3S. The van der Waals surface area contributed by atoms with E-state index in [1.165, 1.54) is 0 Å². The van der Waals surface area contributed by atoms with Crippen molar-refractivity contribution in [1.82, 2.24) is 10.2 Å². The lowest BCUT2D eigenvalue weighted by atomic mass is 10.3. The molecule has 0 atom stereocenters. The van der Waals surface area contributed by atoms with Crippen LogP contribution >= 0.6 is 23.2 Å². The quantitative estimate of drug-likeness (QED) is 0.620. The van der Waals surface area contributed by atoms with Gasteiger partial charge in [-0.3, -0.25) is 4.55 Å². The summed E-state index contributed by atoms with van der Waals surface area (Å²) in [6, 6.07) is 5.39. The molecule has 1 aromatic rings. The fourth-order valence-electron chi connectivity index (χ4n) is 1.80. The van der Waals surface area contributed by atoms with Gasteiger partial charge in [-0.05, 0) is 18.6 Å². The summed E-state index contributed by atoms with van der Waals surface area (Å²) in [5.74, 6) is 0.826. The maximum absolute atomic E-state index is 9.19. The summed E-state index contributed by atoms with van der Waals surface area (Å²) in [4.78, 5) is 6.69. The molecule has 128 valence electrons. The molecule has 1 aliphatic rings. The van der Waals surface area contributed by atoms with E-state index >= 15 is 0 Å². The smallest absolute Gasteiger partial charge is 0.261 e. The highest BCUT2D eigenvalue weighted by Crippen LogP contribution is 2.32. The van der Waals surface area contributed by atoms with Gasteiger partial charge >= 0.3 is 0 Å². The van der Waals surface area contributed by atoms with E-state index in [9.17, 15) is 8.42 Å². The van der Waals surface area contributed by atoms with Crippen LogP contribution in [0.15, 0.2) is 35.8 Å². The molecule has 0 saturated carbocycles. The maximum Gasteiger partial charge on any atom is 0.261 e. The second-order valence-electron chi connectivity index (χ2n) is 4.73. The summed E-state index contributed by atoms with van der Waals surface area (Å²) in [6.45, 7) is 6.46. The standard InChI is InChI=1S/C13H15Cl2N3.CH4O3S/c1-2-3-8-18-9-7-16-13(18)17-12-10(14)5-4-6-11(12)15;1-5(2,3)4/h2,4-6H,1,3,7-9H2,(H,16,17);1H3,(H,2,3,4). The molecule has 1 fully saturated rings. The molecule has 0 aliphatic carbocycles. The highest BCUT2D eigenvalue weighted by Gasteiger charge is 2.18. The highest BCUT2D eigenvalue weighted by molar-refractivity contribution is 7.85. The Morgan fingerprint density at radius 1 is 1.43 bits per heavy atom. The fourth-order valence-corrected chi connectivity index (χ4v) is 2.28. The molecule has 6 nitrogen and oxygen atoms in total. The van der Waals surface area contributed by atoms with Gasteiger partial charge in [-0.15, -0.1) is 6.58 Å². The van der Waals surface area contributed by atoms with Crippen molar-refractivity contribution >= 4 is 45.0 Å². The Hall–Kier alpha value is -1.28. The Morgan fingerprint density at radius 2 is 2.00 bits per heavy atom. The first-order valence-corrected chi connectivity index (χ1v) is 9.37. The van der Waals surface area contributed by atoms with Gasteiger partial charge in [-0.2, -0.15) is 8.42 Å². The van der Waals surface area contributed by atoms with E-state index in [1.54, 1.807) is 12.1 Å². The molecular weight excluding hydrogens is 361 g/mol. The van der Waals surface area contributed by atoms with Crippen molar-refractivity contribution in [1.29, 1.82) is 0 Å². The van der Waals surface area contributed by atoms with Crippen LogP contribution in [0.5, 0.6) is 0 Å². The summed E-state index contributed by atoms with van der Waals surface area (Å²) in [5, 5.41) is 4.37. The van der Waals surface area contributed by atoms with Gasteiger partial charge in [0.15, 0.2) is 5.96 Å². The molecule has 2 N–H and O–H groups in total. The molecule has 1 aromatic carbocycles. The second-order valence-corrected chi connectivity index (χ2v) is 7.01. The number of rotatable bonds is 4. The lowest BCUT2D eigenvalue weighted by Crippen LogP contribution is -2.30. The lowest BCUT2D eigenvalue weighted by molar-refractivity contribution is 0.470. The van der Waals surface area contributed by atoms with E-state index in [0.29, 0.717) is 22.0 Å². The number of aliphatic imine (C=N–C) groups is 1. The monoisotopic (exact) mass is 379 g/mol. The maximum atomic E-state index is 9.19. The molecule has 1 aliphatic heterocycles. The van der Waals surface area contributed by atoms with Crippen molar-refractivity contribution in [2.24, 2.45) is 4.99 Å². The van der Waals surface area contributed by atoms with Crippen molar-refractivity contribution in [3.63, 3.8) is 0 Å². The SMILES string of the molecule is C=CCCN1CCN/C1=N\c1c(Cl)cccc1Cl.CS(=O)(=O)O. The van der Waals surface area contributed by atoms with Crippen molar-refractivity contribution < 1.29 is 13.0 Å². The van der Waals surface area contributed by atoms with E-state index in [-0.39, 0.29) is 0 Å². The molecule has 0 unspecified atom stereocenters. The Bertz CT molecular complexity index is 650. The van der Waals surface area contributed by atoms with Crippen LogP contribution in [0.25, 0.3) is 0 Å². The highest BCUT2D eigenvalue weighted by atomic mass is 35.5. The van der Waals surface area contributed by atoms with Gasteiger partial charge in [0.25, 0.3) is 10.1 Å². The minimum atomic E-state index is -3.67. The minimum absolute atomic E-state index is 0.562. The number of hydrogen-bond acceptors (Lipinski definition) is 3. The topological polar surface area (TPSA) is 82.0 Å². The Morgan fingerprint density at radius 3 is 2.52 bits per heavy atom. The molecule has 1 saturated heterocycles. The summed E-state index contributed by atoms with van der Waals surface area (Å²) in [6.07, 6.45) is 3.54. The molecule has 23 heavy (non-hydrogen) atoms. The van der Waals surface area contributed by atoms with Gasteiger partial charge < -0.3 is 10.2 Å². The first-order chi connectivity index (χ1) is 10.7. The van der Waals surface area contributed by atoms with Crippen LogP contribution in [0.3, 0.4) is 0 Å². The Kier molecular flexibility index (Phi) is 7.84. The van der Waals surface area contributed by atoms with Crippen LogP contribution < -0.4 is 5.32 Å². The van der Waals surface area contributed by atoms with Crippen LogP contribution in [0.4, 0.5) is 5.69 Å². The third kappa shape index (κ3) is 7.69. The zero-order valence-corrected chi connectivity index (χ0v) is 15.0. The number of nitrogens with zero attached hydrogens (tertiary/aromatic N) is 2. The predicted octanol–water partition coefficient (Wildman–Crippen LogP) is 2.97. The molecule has 0 bridgehead atoms. The van der Waals surface area contributed by atoms with Crippen molar-refractivity contribution in [3.05, 3.63) is 40.9 Å². The number of nitrogens with one attached hydrogen (secondary N) is 1. The Labute approximate surface area is 146 Å². The van der Waals surface area contributed by atoms with Crippen LogP contribution in [0.2, 0.25) is 10.0 Å². The average Bonchev–Trinajstić information content (AvgIpc) is 2.86. The van der Waals surface area contributed by atoms with Gasteiger partial charge in [0, 0.05) is 19.6 Å².